The Morgan fingerprint density at radius 3 is 2.82 bits per heavy atom. The number of aryl methyl sites for hydroxylation is 1. The van der Waals surface area contributed by atoms with Gasteiger partial charge in [0.1, 0.15) is 0 Å². The summed E-state index contributed by atoms with van der Waals surface area (Å²) in [5.41, 5.74) is 2.93. The number of hydrogen-bond acceptors (Lipinski definition) is 0. The third kappa shape index (κ3) is 1.11. The van der Waals surface area contributed by atoms with Gasteiger partial charge >= 0.3 is 74.7 Å². The molecule has 0 aliphatic carbocycles. The molecule has 2 rings (SSSR count). The first-order valence-corrected chi connectivity index (χ1v) is 8.13. The van der Waals surface area contributed by atoms with E-state index in [1.54, 1.807) is 3.57 Å². The van der Waals surface area contributed by atoms with Crippen molar-refractivity contribution >= 4 is 25.9 Å². The average molecular weight is 258 g/mol. The van der Waals surface area contributed by atoms with Crippen LogP contribution in [0.5, 0.6) is 0 Å². The average Bonchev–Trinajstić information content (AvgIpc) is 2.35. The molecule has 0 fully saturated rings. The molecule has 1 aliphatic heterocycles. The zero-order valence-electron chi connectivity index (χ0n) is 6.76. The Balaban J connectivity index is 2.65. The molecule has 1 aliphatic rings. The molecule has 1 heterocycles. The second kappa shape index (κ2) is 2.63. The molecule has 1 aromatic rings. The fraction of sp³-hybridized carbons (Fsp3) is 0.200. The van der Waals surface area contributed by atoms with Gasteiger partial charge in [-0.2, -0.15) is 0 Å². The van der Waals surface area contributed by atoms with Crippen LogP contribution in [0.2, 0.25) is 0 Å². The number of hydrogen-bond donors (Lipinski definition) is 0. The molecule has 0 nitrogen and oxygen atoms in total. The van der Waals surface area contributed by atoms with Crippen molar-refractivity contribution in [2.24, 2.45) is 0 Å². The number of halogens is 1. The second-order valence-corrected chi connectivity index (χ2v) is 7.61. The Morgan fingerprint density at radius 1 is 1.27 bits per heavy atom. The summed E-state index contributed by atoms with van der Waals surface area (Å²) in [6.45, 7) is 2.19. The van der Waals surface area contributed by atoms with Crippen LogP contribution in [0.3, 0.4) is 0 Å². The third-order valence-electron chi connectivity index (χ3n) is 2.01. The van der Waals surface area contributed by atoms with Crippen LogP contribution in [0.15, 0.2) is 22.3 Å². The summed E-state index contributed by atoms with van der Waals surface area (Å²) in [4.78, 5) is 2.39. The van der Waals surface area contributed by atoms with E-state index in [1.165, 1.54) is 11.1 Å². The molecule has 0 aromatic heterocycles. The maximum atomic E-state index is 2.42. The fourth-order valence-electron chi connectivity index (χ4n) is 1.34. The number of benzene rings is 1. The Morgan fingerprint density at radius 2 is 2.09 bits per heavy atom. The third-order valence-corrected chi connectivity index (χ3v) is 6.22. The molecule has 0 spiro atoms. The van der Waals surface area contributed by atoms with Crippen molar-refractivity contribution in [1.82, 2.24) is 0 Å². The van der Waals surface area contributed by atoms with E-state index in [0.29, 0.717) is 0 Å². The van der Waals surface area contributed by atoms with Gasteiger partial charge in [-0.05, 0) is 0 Å². The van der Waals surface area contributed by atoms with Gasteiger partial charge in [-0.1, -0.05) is 0 Å². The van der Waals surface area contributed by atoms with Crippen molar-refractivity contribution in [3.05, 3.63) is 37.0 Å². The van der Waals surface area contributed by atoms with Crippen molar-refractivity contribution in [1.29, 1.82) is 0 Å². The van der Waals surface area contributed by atoms with E-state index in [1.807, 2.05) is 0 Å². The molecule has 1 heteroatoms. The normalized spacial score (nSPS) is 17.1. The van der Waals surface area contributed by atoms with Crippen LogP contribution in [0.4, 0.5) is 0 Å². The zero-order valence-corrected chi connectivity index (χ0v) is 8.92. The van der Waals surface area contributed by atoms with Gasteiger partial charge in [0.05, 0.1) is 0 Å². The molecule has 0 saturated carbocycles. The van der Waals surface area contributed by atoms with E-state index in [4.69, 9.17) is 0 Å². The van der Waals surface area contributed by atoms with E-state index in [9.17, 15) is 0 Å². The minimum absolute atomic E-state index is 0.818. The predicted octanol–water partition coefficient (Wildman–Crippen LogP) is 3.29. The maximum absolute atomic E-state index is 2.42. The molecule has 0 bridgehead atoms. The Labute approximate surface area is 74.7 Å². The van der Waals surface area contributed by atoms with Crippen LogP contribution in [0, 0.1) is 10.5 Å². The van der Waals surface area contributed by atoms with Crippen molar-refractivity contribution in [3.63, 3.8) is 0 Å². The van der Waals surface area contributed by atoms with Gasteiger partial charge in [0.25, 0.3) is 0 Å². The first-order chi connectivity index (χ1) is 5.29. The van der Waals surface area contributed by atoms with Gasteiger partial charge in [-0.25, -0.2) is 0 Å². The Bertz CT molecular complexity index is 313. The number of rotatable bonds is 0. The summed E-state index contributed by atoms with van der Waals surface area (Å²) in [5, 5.41) is 0. The van der Waals surface area contributed by atoms with Crippen molar-refractivity contribution < 1.29 is 0 Å². The van der Waals surface area contributed by atoms with Gasteiger partial charge in [0.2, 0.25) is 0 Å². The van der Waals surface area contributed by atoms with E-state index in [-0.39, 0.29) is 0 Å². The van der Waals surface area contributed by atoms with Crippen LogP contribution in [0.25, 0.3) is 6.08 Å². The fourth-order valence-corrected chi connectivity index (χ4v) is 4.92. The molecule has 0 saturated heterocycles. The van der Waals surface area contributed by atoms with Crippen LogP contribution < -0.4 is 0 Å². The predicted molar refractivity (Wildman–Crippen MR) is 58.9 cm³/mol. The summed E-state index contributed by atoms with van der Waals surface area (Å²) in [7, 11) is 0. The number of alkyl halides is 1. The van der Waals surface area contributed by atoms with Crippen LogP contribution in [0.1, 0.15) is 11.1 Å². The van der Waals surface area contributed by atoms with Crippen LogP contribution in [-0.2, 0) is 0 Å². The summed E-state index contributed by atoms with van der Waals surface area (Å²) < 4.78 is 4.05. The Kier molecular flexibility index (Phi) is 1.75. The van der Waals surface area contributed by atoms with Crippen molar-refractivity contribution in [3.8, 4) is 0 Å². The van der Waals surface area contributed by atoms with Crippen molar-refractivity contribution in [2.75, 3.05) is 4.93 Å². The molecule has 58 valence electrons. The first-order valence-electron chi connectivity index (χ1n) is 3.65. The molecule has 0 radical (unpaired) electrons. The molecule has 11 heavy (non-hydrogen) atoms. The molecule has 0 unspecified atom stereocenters. The monoisotopic (exact) mass is 258 g/mol. The quantitative estimate of drug-likeness (QED) is 0.495. The van der Waals surface area contributed by atoms with E-state index < -0.39 is 19.8 Å². The van der Waals surface area contributed by atoms with Crippen LogP contribution in [-0.4, -0.2) is 4.93 Å². The van der Waals surface area contributed by atoms with E-state index in [0.717, 1.165) is 0 Å². The van der Waals surface area contributed by atoms with Gasteiger partial charge in [0.15, 0.2) is 0 Å². The zero-order chi connectivity index (χ0) is 7.84. The Hall–Kier alpha value is -0.310. The van der Waals surface area contributed by atoms with Gasteiger partial charge in [0, 0.05) is 0 Å². The van der Waals surface area contributed by atoms with Gasteiger partial charge in [-0.15, -0.1) is 0 Å². The van der Waals surface area contributed by atoms with E-state index >= 15 is 0 Å². The summed E-state index contributed by atoms with van der Waals surface area (Å²) in [5.74, 6) is 0. The SMILES string of the molecule is Cc1cccc2c1C=CI2C. The van der Waals surface area contributed by atoms with Gasteiger partial charge < -0.3 is 0 Å². The molecule has 0 amide bonds. The molecule has 1 aromatic carbocycles. The molecule has 0 N–H and O–H groups in total. The standard InChI is InChI=1S/C10H11I/c1-8-4-3-5-10-9(8)6-7-11(10)2/h3-7H,1-2H3. The first kappa shape index (κ1) is 7.35. The second-order valence-electron chi connectivity index (χ2n) is 2.78. The summed E-state index contributed by atoms with van der Waals surface area (Å²) in [6, 6.07) is 6.65. The molecular weight excluding hydrogens is 247 g/mol. The minimum atomic E-state index is -0.818. The summed E-state index contributed by atoms with van der Waals surface area (Å²) >= 11 is -0.818. The number of fused-ring (bicyclic) bond motifs is 1. The molecule has 0 atom stereocenters. The topological polar surface area (TPSA) is 0 Å². The van der Waals surface area contributed by atoms with E-state index in [2.05, 4.69) is 40.2 Å². The molecular formula is C10H11I. The van der Waals surface area contributed by atoms with Crippen LogP contribution >= 0.6 is 19.8 Å². The van der Waals surface area contributed by atoms with Crippen molar-refractivity contribution in [2.45, 2.75) is 6.92 Å². The van der Waals surface area contributed by atoms with Gasteiger partial charge in [-0.3, -0.25) is 0 Å². The summed E-state index contributed by atoms with van der Waals surface area (Å²) in [6.07, 6.45) is 2.30.